The summed E-state index contributed by atoms with van der Waals surface area (Å²) in [7, 11) is 0. The van der Waals surface area contributed by atoms with Gasteiger partial charge in [-0.15, -0.1) is 0 Å². The van der Waals surface area contributed by atoms with Crippen molar-refractivity contribution in [1.29, 1.82) is 0 Å². The summed E-state index contributed by atoms with van der Waals surface area (Å²) in [6.45, 7) is 0. The lowest BCUT2D eigenvalue weighted by Crippen LogP contribution is -2.46. The average molecular weight is 351 g/mol. The first kappa shape index (κ1) is 15.7. The molecule has 3 N–H and O–H groups in total. The number of hydrogen-bond acceptors (Lipinski definition) is 5. The third-order valence-electron chi connectivity index (χ3n) is 4.76. The van der Waals surface area contributed by atoms with Crippen LogP contribution in [0.2, 0.25) is 0 Å². The van der Waals surface area contributed by atoms with Crippen LogP contribution >= 0.6 is 11.3 Å². The van der Waals surface area contributed by atoms with E-state index in [1.807, 2.05) is 35.0 Å². The van der Waals surface area contributed by atoms with Gasteiger partial charge >= 0.3 is 0 Å². The largest absolute Gasteiger partial charge is 0.508 e. The molecule has 0 fully saturated rings. The summed E-state index contributed by atoms with van der Waals surface area (Å²) in [6, 6.07) is 14.0. The minimum absolute atomic E-state index is 0.0689. The molecule has 3 aromatic rings. The van der Waals surface area contributed by atoms with Crippen molar-refractivity contribution in [2.45, 2.75) is 18.4 Å². The van der Waals surface area contributed by atoms with Crippen molar-refractivity contribution in [3.8, 4) is 11.5 Å². The summed E-state index contributed by atoms with van der Waals surface area (Å²) in [6.07, 6.45) is 1.36. The van der Waals surface area contributed by atoms with Crippen LogP contribution in [0.5, 0.6) is 11.5 Å². The number of phenolic OH excluding ortho intramolecular Hbond substituents is 2. The number of nitrogens with one attached hydrogen (secondary N) is 1. The molecule has 0 aliphatic carbocycles. The molecule has 25 heavy (non-hydrogen) atoms. The number of thiophene rings is 1. The molecule has 1 atom stereocenters. The predicted octanol–water partition coefficient (Wildman–Crippen LogP) is 4.30. The molecule has 1 aliphatic rings. The van der Waals surface area contributed by atoms with Gasteiger partial charge in [0.15, 0.2) is 5.78 Å². The predicted molar refractivity (Wildman–Crippen MR) is 98.5 cm³/mol. The Kier molecular flexibility index (Phi) is 3.73. The molecular formula is C20H17NO3S. The molecule has 1 unspecified atom stereocenters. The number of rotatable bonds is 3. The van der Waals surface area contributed by atoms with Crippen molar-refractivity contribution >= 4 is 22.8 Å². The standard InChI is InChI=1S/C20H17NO3S/c22-15-5-6-16(18(23)11-15)19(24)20(14-8-10-25-12-14)9-7-13-3-1-2-4-17(13)21-20/h1-6,8,10-12,21-23H,7,9H2. The zero-order valence-electron chi connectivity index (χ0n) is 13.4. The van der Waals surface area contributed by atoms with Crippen molar-refractivity contribution < 1.29 is 15.0 Å². The van der Waals surface area contributed by atoms with E-state index in [2.05, 4.69) is 11.4 Å². The fourth-order valence-electron chi connectivity index (χ4n) is 3.44. The average Bonchev–Trinajstić information content (AvgIpc) is 3.16. The fourth-order valence-corrected chi connectivity index (χ4v) is 4.17. The quantitative estimate of drug-likeness (QED) is 0.616. The topological polar surface area (TPSA) is 69.6 Å². The van der Waals surface area contributed by atoms with E-state index >= 15 is 0 Å². The van der Waals surface area contributed by atoms with Crippen LogP contribution in [0, 0.1) is 0 Å². The van der Waals surface area contributed by atoms with Crippen molar-refractivity contribution in [2.75, 3.05) is 5.32 Å². The normalized spacial score (nSPS) is 19.0. The lowest BCUT2D eigenvalue weighted by atomic mass is 9.76. The Hall–Kier alpha value is -2.79. The van der Waals surface area contributed by atoms with Crippen LogP contribution in [0.3, 0.4) is 0 Å². The maximum atomic E-state index is 13.5. The van der Waals surface area contributed by atoms with E-state index in [-0.39, 0.29) is 22.8 Å². The van der Waals surface area contributed by atoms with Gasteiger partial charge < -0.3 is 15.5 Å². The van der Waals surface area contributed by atoms with E-state index in [0.717, 1.165) is 17.7 Å². The summed E-state index contributed by atoms with van der Waals surface area (Å²) >= 11 is 1.54. The van der Waals surface area contributed by atoms with E-state index < -0.39 is 5.54 Å². The van der Waals surface area contributed by atoms with Gasteiger partial charge in [-0.05, 0) is 59.0 Å². The Morgan fingerprint density at radius 1 is 1.12 bits per heavy atom. The smallest absolute Gasteiger partial charge is 0.196 e. The van der Waals surface area contributed by atoms with Gasteiger partial charge in [-0.2, -0.15) is 11.3 Å². The van der Waals surface area contributed by atoms with Crippen LogP contribution in [0.1, 0.15) is 27.9 Å². The molecule has 1 aromatic heterocycles. The maximum absolute atomic E-state index is 13.5. The number of carbonyl (C=O) groups is 1. The summed E-state index contributed by atoms with van der Waals surface area (Å²) < 4.78 is 0. The number of carbonyl (C=O) groups excluding carboxylic acids is 1. The summed E-state index contributed by atoms with van der Waals surface area (Å²) in [5.41, 5.74) is 2.28. The first-order chi connectivity index (χ1) is 12.1. The number of benzene rings is 2. The minimum atomic E-state index is -0.928. The summed E-state index contributed by atoms with van der Waals surface area (Å²) in [5, 5.41) is 27.1. The lowest BCUT2D eigenvalue weighted by molar-refractivity contribution is 0.0890. The highest BCUT2D eigenvalue weighted by molar-refractivity contribution is 7.08. The van der Waals surface area contributed by atoms with E-state index in [9.17, 15) is 15.0 Å². The molecule has 4 nitrogen and oxygen atoms in total. The molecule has 2 aromatic carbocycles. The van der Waals surface area contributed by atoms with Crippen LogP contribution in [-0.4, -0.2) is 16.0 Å². The first-order valence-corrected chi connectivity index (χ1v) is 9.00. The Morgan fingerprint density at radius 3 is 2.72 bits per heavy atom. The molecular weight excluding hydrogens is 334 g/mol. The number of aromatic hydroxyl groups is 2. The van der Waals surface area contributed by atoms with Crippen molar-refractivity contribution in [2.24, 2.45) is 0 Å². The van der Waals surface area contributed by atoms with Gasteiger partial charge in [0, 0.05) is 11.8 Å². The zero-order valence-corrected chi connectivity index (χ0v) is 14.2. The molecule has 1 aliphatic heterocycles. The van der Waals surface area contributed by atoms with Gasteiger partial charge in [-0.25, -0.2) is 0 Å². The van der Waals surface area contributed by atoms with Gasteiger partial charge in [0.05, 0.1) is 5.56 Å². The molecule has 0 bridgehead atoms. The van der Waals surface area contributed by atoms with Gasteiger partial charge in [-0.1, -0.05) is 18.2 Å². The zero-order chi connectivity index (χ0) is 17.4. The van der Waals surface area contributed by atoms with Gasteiger partial charge in [-0.3, -0.25) is 4.79 Å². The molecule has 2 heterocycles. The minimum Gasteiger partial charge on any atom is -0.508 e. The van der Waals surface area contributed by atoms with Crippen LogP contribution in [0.4, 0.5) is 5.69 Å². The number of ketones is 1. The van der Waals surface area contributed by atoms with Crippen LogP contribution in [-0.2, 0) is 12.0 Å². The number of hydrogen-bond donors (Lipinski definition) is 3. The fraction of sp³-hybridized carbons (Fsp3) is 0.150. The number of fused-ring (bicyclic) bond motifs is 1. The molecule has 4 rings (SSSR count). The van der Waals surface area contributed by atoms with Crippen LogP contribution in [0.25, 0.3) is 0 Å². The molecule has 0 amide bonds. The Balaban J connectivity index is 1.84. The first-order valence-electron chi connectivity index (χ1n) is 8.06. The Labute approximate surface area is 149 Å². The summed E-state index contributed by atoms with van der Waals surface area (Å²) in [4.78, 5) is 13.5. The molecule has 0 saturated heterocycles. The highest BCUT2D eigenvalue weighted by atomic mass is 32.1. The van der Waals surface area contributed by atoms with E-state index in [4.69, 9.17) is 0 Å². The molecule has 0 spiro atoms. The van der Waals surface area contributed by atoms with Crippen molar-refractivity contribution in [3.63, 3.8) is 0 Å². The Bertz CT molecular complexity index is 936. The van der Waals surface area contributed by atoms with Crippen LogP contribution < -0.4 is 5.32 Å². The van der Waals surface area contributed by atoms with Crippen molar-refractivity contribution in [3.05, 3.63) is 76.0 Å². The third-order valence-corrected chi connectivity index (χ3v) is 5.45. The van der Waals surface area contributed by atoms with Gasteiger partial charge in [0.2, 0.25) is 0 Å². The van der Waals surface area contributed by atoms with E-state index in [1.54, 1.807) is 0 Å². The second-order valence-electron chi connectivity index (χ2n) is 6.23. The molecule has 126 valence electrons. The van der Waals surface area contributed by atoms with E-state index in [1.165, 1.54) is 35.1 Å². The van der Waals surface area contributed by atoms with Gasteiger partial charge in [0.25, 0.3) is 0 Å². The SMILES string of the molecule is O=C(c1ccc(O)cc1O)C1(c2ccsc2)CCc2ccccc2N1. The maximum Gasteiger partial charge on any atom is 0.196 e. The lowest BCUT2D eigenvalue weighted by Gasteiger charge is -2.38. The monoisotopic (exact) mass is 351 g/mol. The van der Waals surface area contributed by atoms with Gasteiger partial charge in [0.1, 0.15) is 17.0 Å². The second kappa shape index (κ2) is 5.93. The molecule has 5 heteroatoms. The second-order valence-corrected chi connectivity index (χ2v) is 7.01. The van der Waals surface area contributed by atoms with Crippen molar-refractivity contribution in [1.82, 2.24) is 0 Å². The number of phenols is 2. The number of anilines is 1. The number of para-hydroxylation sites is 1. The highest BCUT2D eigenvalue weighted by Gasteiger charge is 2.44. The third kappa shape index (κ3) is 2.57. The van der Waals surface area contributed by atoms with Crippen LogP contribution in [0.15, 0.2) is 59.3 Å². The molecule has 0 saturated carbocycles. The summed E-state index contributed by atoms with van der Waals surface area (Å²) in [5.74, 6) is -0.473. The Morgan fingerprint density at radius 2 is 1.96 bits per heavy atom. The number of Topliss-reactive ketones (excluding diaryl/α,β-unsaturated/α-hetero) is 1. The highest BCUT2D eigenvalue weighted by Crippen LogP contribution is 2.42. The number of aryl methyl sites for hydroxylation is 1. The van der Waals surface area contributed by atoms with E-state index in [0.29, 0.717) is 6.42 Å². The molecule has 0 radical (unpaired) electrons.